The molecule has 32 heavy (non-hydrogen) atoms. The van der Waals surface area contributed by atoms with E-state index in [1.165, 1.54) is 36.4 Å². The van der Waals surface area contributed by atoms with E-state index >= 15 is 0 Å². The Bertz CT molecular complexity index is 1260. The first-order valence-corrected chi connectivity index (χ1v) is 10.9. The molecule has 0 bridgehead atoms. The van der Waals surface area contributed by atoms with Crippen molar-refractivity contribution in [1.29, 1.82) is 0 Å². The van der Waals surface area contributed by atoms with Crippen LogP contribution in [0.15, 0.2) is 71.6 Å². The number of aryl methyl sites for hydroxylation is 1. The second-order valence-electron chi connectivity index (χ2n) is 6.75. The Morgan fingerprint density at radius 3 is 2.16 bits per heavy atom. The van der Waals surface area contributed by atoms with Gasteiger partial charge >= 0.3 is 12.2 Å². The molecule has 0 unspecified atom stereocenters. The molecule has 3 rings (SSSR count). The van der Waals surface area contributed by atoms with Gasteiger partial charge in [-0.15, -0.1) is 0 Å². The number of rotatable bonds is 5. The van der Waals surface area contributed by atoms with Crippen LogP contribution < -0.4 is 15.4 Å². The molecule has 2 amide bonds. The molecule has 3 N–H and O–H groups in total. The first-order valence-electron chi connectivity index (χ1n) is 9.08. The molecule has 168 valence electrons. The van der Waals surface area contributed by atoms with E-state index in [-0.39, 0.29) is 22.0 Å². The predicted octanol–water partition coefficient (Wildman–Crippen LogP) is 6.11. The van der Waals surface area contributed by atoms with E-state index in [2.05, 4.69) is 15.4 Å². The molecule has 6 nitrogen and oxygen atoms in total. The van der Waals surface area contributed by atoms with Gasteiger partial charge in [-0.3, -0.25) is 4.72 Å². The van der Waals surface area contributed by atoms with E-state index in [0.717, 1.165) is 18.2 Å². The van der Waals surface area contributed by atoms with Gasteiger partial charge < -0.3 is 10.6 Å². The molecule has 0 spiro atoms. The third-order valence-electron chi connectivity index (χ3n) is 4.26. The maximum absolute atomic E-state index is 12.8. The fourth-order valence-electron chi connectivity index (χ4n) is 2.80. The number of amides is 2. The largest absolute Gasteiger partial charge is 0.416 e. The van der Waals surface area contributed by atoms with Crippen molar-refractivity contribution in [3.05, 3.63) is 82.9 Å². The summed E-state index contributed by atoms with van der Waals surface area (Å²) in [6.07, 6.45) is -4.55. The van der Waals surface area contributed by atoms with Crippen LogP contribution >= 0.6 is 11.6 Å². The molecule has 3 aromatic rings. The maximum Gasteiger partial charge on any atom is 0.416 e. The summed E-state index contributed by atoms with van der Waals surface area (Å²) < 4.78 is 66.5. The highest BCUT2D eigenvalue weighted by Gasteiger charge is 2.30. The molecular weight excluding hydrogens is 467 g/mol. The van der Waals surface area contributed by atoms with Crippen molar-refractivity contribution < 1.29 is 26.4 Å². The van der Waals surface area contributed by atoms with Crippen LogP contribution in [0, 0.1) is 6.92 Å². The number of hydrogen-bond acceptors (Lipinski definition) is 3. The highest BCUT2D eigenvalue weighted by Crippen LogP contribution is 2.31. The molecule has 0 fully saturated rings. The molecule has 0 heterocycles. The van der Waals surface area contributed by atoms with Gasteiger partial charge in [0.1, 0.15) is 0 Å². The summed E-state index contributed by atoms with van der Waals surface area (Å²) in [4.78, 5) is 12.1. The molecule has 0 aliphatic rings. The number of hydrogen-bond donors (Lipinski definition) is 3. The number of alkyl halides is 3. The molecule has 0 aliphatic heterocycles. The minimum atomic E-state index is -4.55. The molecule has 0 aliphatic carbocycles. The zero-order chi connectivity index (χ0) is 23.5. The minimum absolute atomic E-state index is 0.0695. The lowest BCUT2D eigenvalue weighted by atomic mass is 10.2. The average molecular weight is 484 g/mol. The molecule has 11 heteroatoms. The van der Waals surface area contributed by atoms with Crippen LogP contribution in [-0.4, -0.2) is 14.4 Å². The number of carbonyl (C=O) groups excluding carboxylic acids is 1. The van der Waals surface area contributed by atoms with Crippen LogP contribution in [0.4, 0.5) is 35.0 Å². The lowest BCUT2D eigenvalue weighted by Gasteiger charge is -2.14. The summed E-state index contributed by atoms with van der Waals surface area (Å²) >= 11 is 5.88. The maximum atomic E-state index is 12.8. The second-order valence-corrected chi connectivity index (χ2v) is 8.84. The molecule has 0 radical (unpaired) electrons. The molecule has 0 saturated carbocycles. The van der Waals surface area contributed by atoms with Gasteiger partial charge in [0.05, 0.1) is 16.1 Å². The first-order chi connectivity index (χ1) is 14.9. The number of benzene rings is 3. The number of anilines is 3. The third kappa shape index (κ3) is 5.92. The monoisotopic (exact) mass is 483 g/mol. The summed E-state index contributed by atoms with van der Waals surface area (Å²) in [6, 6.07) is 13.7. The summed E-state index contributed by atoms with van der Waals surface area (Å²) in [6.45, 7) is 1.58. The van der Waals surface area contributed by atoms with Crippen LogP contribution in [0.1, 0.15) is 11.1 Å². The Balaban J connectivity index is 1.77. The normalized spacial score (nSPS) is 11.7. The lowest BCUT2D eigenvalue weighted by molar-refractivity contribution is -0.137. The van der Waals surface area contributed by atoms with Crippen molar-refractivity contribution in [3.63, 3.8) is 0 Å². The molecule has 0 saturated heterocycles. The van der Waals surface area contributed by atoms with Crippen molar-refractivity contribution in [2.45, 2.75) is 18.0 Å². The quantitative estimate of drug-likeness (QED) is 0.409. The highest BCUT2D eigenvalue weighted by molar-refractivity contribution is 7.92. The topological polar surface area (TPSA) is 87.3 Å². The fourth-order valence-corrected chi connectivity index (χ4v) is 4.31. The van der Waals surface area contributed by atoms with Crippen molar-refractivity contribution in [1.82, 2.24) is 0 Å². The molecule has 0 aromatic heterocycles. The van der Waals surface area contributed by atoms with E-state index in [4.69, 9.17) is 11.6 Å². The SMILES string of the molecule is Cc1ccc(NC(=O)Nc2cccc(C(F)(F)F)c2)cc1S(=O)(=O)Nc1cccc(Cl)c1. The smallest absolute Gasteiger partial charge is 0.308 e. The van der Waals surface area contributed by atoms with Gasteiger partial charge in [0.2, 0.25) is 0 Å². The van der Waals surface area contributed by atoms with Crippen molar-refractivity contribution in [3.8, 4) is 0 Å². The lowest BCUT2D eigenvalue weighted by Crippen LogP contribution is -2.20. The van der Waals surface area contributed by atoms with Gasteiger partial charge in [0.15, 0.2) is 0 Å². The van der Waals surface area contributed by atoms with Crippen molar-refractivity contribution >= 4 is 44.7 Å². The zero-order valence-corrected chi connectivity index (χ0v) is 18.1. The summed E-state index contributed by atoms with van der Waals surface area (Å²) in [5.41, 5.74) is -0.168. The van der Waals surface area contributed by atoms with Gasteiger partial charge in [-0.2, -0.15) is 13.2 Å². The van der Waals surface area contributed by atoms with Gasteiger partial charge in [0.25, 0.3) is 10.0 Å². The van der Waals surface area contributed by atoms with Crippen LogP contribution in [0.2, 0.25) is 5.02 Å². The van der Waals surface area contributed by atoms with E-state index in [0.29, 0.717) is 10.6 Å². The van der Waals surface area contributed by atoms with Crippen LogP contribution in [0.5, 0.6) is 0 Å². The predicted molar refractivity (Wildman–Crippen MR) is 118 cm³/mol. The summed E-state index contributed by atoms with van der Waals surface area (Å²) in [5, 5.41) is 5.06. The molecule has 0 atom stereocenters. The number of nitrogens with one attached hydrogen (secondary N) is 3. The minimum Gasteiger partial charge on any atom is -0.308 e. The summed E-state index contributed by atoms with van der Waals surface area (Å²) in [5.74, 6) is 0. The number of carbonyl (C=O) groups is 1. The zero-order valence-electron chi connectivity index (χ0n) is 16.5. The van der Waals surface area contributed by atoms with E-state index in [1.807, 2.05) is 0 Å². The summed E-state index contributed by atoms with van der Waals surface area (Å²) in [7, 11) is -4.01. The second kappa shape index (κ2) is 9.09. The Morgan fingerprint density at radius 2 is 1.50 bits per heavy atom. The van der Waals surface area contributed by atoms with Crippen molar-refractivity contribution in [2.75, 3.05) is 15.4 Å². The first kappa shape index (κ1) is 23.4. The van der Waals surface area contributed by atoms with Crippen molar-refractivity contribution in [2.24, 2.45) is 0 Å². The third-order valence-corrected chi connectivity index (χ3v) is 6.02. The Kier molecular flexibility index (Phi) is 6.65. The van der Waals surface area contributed by atoms with Gasteiger partial charge in [0, 0.05) is 16.4 Å². The number of urea groups is 1. The van der Waals surface area contributed by atoms with Crippen LogP contribution in [-0.2, 0) is 16.2 Å². The Labute approximate surface area is 187 Å². The fraction of sp³-hybridized carbons (Fsp3) is 0.0952. The van der Waals surface area contributed by atoms with Crippen LogP contribution in [0.25, 0.3) is 0 Å². The standard InChI is InChI=1S/C21H17ClF3N3O3S/c1-13-8-9-17(12-19(13)32(30,31)28-18-7-3-5-15(22)11-18)27-20(29)26-16-6-2-4-14(10-16)21(23,24)25/h2-12,28H,1H3,(H2,26,27,29). The molecule has 3 aromatic carbocycles. The van der Waals surface area contributed by atoms with Gasteiger partial charge in [-0.25, -0.2) is 13.2 Å². The van der Waals surface area contributed by atoms with Gasteiger partial charge in [-0.05, 0) is 61.0 Å². The average Bonchev–Trinajstić information content (AvgIpc) is 2.68. The van der Waals surface area contributed by atoms with Gasteiger partial charge in [-0.1, -0.05) is 29.8 Å². The van der Waals surface area contributed by atoms with E-state index < -0.39 is 27.8 Å². The van der Waals surface area contributed by atoms with E-state index in [1.54, 1.807) is 19.1 Å². The van der Waals surface area contributed by atoms with E-state index in [9.17, 15) is 26.4 Å². The number of halogens is 4. The number of sulfonamides is 1. The Hall–Kier alpha value is -3.24. The molecular formula is C21H17ClF3N3O3S. The highest BCUT2D eigenvalue weighted by atomic mass is 35.5. The Morgan fingerprint density at radius 1 is 0.875 bits per heavy atom. The van der Waals surface area contributed by atoms with Crippen LogP contribution in [0.3, 0.4) is 0 Å².